The van der Waals surface area contributed by atoms with Crippen molar-refractivity contribution in [2.75, 3.05) is 11.9 Å². The summed E-state index contributed by atoms with van der Waals surface area (Å²) < 4.78 is 5.08. The molecule has 2 heterocycles. The molecule has 1 aliphatic heterocycles. The van der Waals surface area contributed by atoms with Crippen molar-refractivity contribution >= 4 is 35.2 Å². The molecule has 2 aromatic rings. The summed E-state index contributed by atoms with van der Waals surface area (Å²) in [5.41, 5.74) is 0.744. The number of hydrogen-bond donors (Lipinski definition) is 1. The van der Waals surface area contributed by atoms with E-state index in [9.17, 15) is 24.0 Å². The lowest BCUT2D eigenvalue weighted by Crippen LogP contribution is -2.36. The fourth-order valence-corrected chi connectivity index (χ4v) is 2.57. The summed E-state index contributed by atoms with van der Waals surface area (Å²) in [6, 6.07) is 8.25. The Kier molecular flexibility index (Phi) is 4.84. The predicted octanol–water partition coefficient (Wildman–Crippen LogP) is 1.41. The maximum Gasteiger partial charge on any atom is 0.335 e. The van der Waals surface area contributed by atoms with Crippen LogP contribution in [0.5, 0.6) is 0 Å². The molecule has 0 aliphatic carbocycles. The Morgan fingerprint density at radius 2 is 1.67 bits per heavy atom. The Bertz CT molecular complexity index is 917. The number of benzene rings is 1. The van der Waals surface area contributed by atoms with Crippen LogP contribution in [-0.4, -0.2) is 45.9 Å². The standard InChI is InChI=1S/C18H15N3O6/c1-11(22)19-13-6-4-12(5-7-13)15(23)10-21-17(25)16(24)20(18(21)26)9-14-3-2-8-27-14/h2-8H,9-10H2,1H3,(H,19,22). The minimum atomic E-state index is -1.06. The van der Waals surface area contributed by atoms with Crippen LogP contribution in [0.1, 0.15) is 23.0 Å². The molecule has 1 N–H and O–H groups in total. The molecule has 1 aromatic carbocycles. The molecule has 0 unspecified atom stereocenters. The monoisotopic (exact) mass is 369 g/mol. The van der Waals surface area contributed by atoms with Crippen LogP contribution in [0.15, 0.2) is 47.1 Å². The molecule has 1 saturated heterocycles. The number of amides is 5. The predicted molar refractivity (Wildman–Crippen MR) is 91.4 cm³/mol. The Balaban J connectivity index is 1.70. The number of carbonyl (C=O) groups excluding carboxylic acids is 5. The second-order valence-electron chi connectivity index (χ2n) is 5.83. The molecule has 1 aliphatic rings. The first-order chi connectivity index (χ1) is 12.9. The Hall–Kier alpha value is -3.75. The van der Waals surface area contributed by atoms with Crippen LogP contribution < -0.4 is 5.32 Å². The van der Waals surface area contributed by atoms with E-state index in [1.807, 2.05) is 0 Å². The zero-order chi connectivity index (χ0) is 19.6. The average molecular weight is 369 g/mol. The molecule has 0 atom stereocenters. The van der Waals surface area contributed by atoms with E-state index in [1.54, 1.807) is 12.1 Å². The third-order valence-corrected chi connectivity index (χ3v) is 3.86. The highest BCUT2D eigenvalue weighted by atomic mass is 16.3. The fourth-order valence-electron chi connectivity index (χ4n) is 2.57. The highest BCUT2D eigenvalue weighted by Crippen LogP contribution is 2.17. The number of nitrogens with one attached hydrogen (secondary N) is 1. The van der Waals surface area contributed by atoms with Crippen LogP contribution >= 0.6 is 0 Å². The summed E-state index contributed by atoms with van der Waals surface area (Å²) in [4.78, 5) is 61.2. The van der Waals surface area contributed by atoms with Gasteiger partial charge in [0.25, 0.3) is 0 Å². The lowest BCUT2D eigenvalue weighted by molar-refractivity contribution is -0.143. The first kappa shape index (κ1) is 18.1. The van der Waals surface area contributed by atoms with E-state index >= 15 is 0 Å². The summed E-state index contributed by atoms with van der Waals surface area (Å²) in [6.45, 7) is 0.610. The molecule has 0 saturated carbocycles. The largest absolute Gasteiger partial charge is 0.467 e. The number of ketones is 1. The third kappa shape index (κ3) is 3.76. The van der Waals surface area contributed by atoms with E-state index in [4.69, 9.17) is 4.42 Å². The van der Waals surface area contributed by atoms with Gasteiger partial charge in [0.2, 0.25) is 5.91 Å². The second kappa shape index (κ2) is 7.24. The van der Waals surface area contributed by atoms with Gasteiger partial charge in [-0.1, -0.05) is 0 Å². The van der Waals surface area contributed by atoms with Gasteiger partial charge in [0, 0.05) is 18.2 Å². The van der Waals surface area contributed by atoms with Gasteiger partial charge in [0.1, 0.15) is 5.76 Å². The third-order valence-electron chi connectivity index (χ3n) is 3.86. The number of furan rings is 1. The molecule has 1 aromatic heterocycles. The lowest BCUT2D eigenvalue weighted by Gasteiger charge is -2.14. The number of nitrogens with zero attached hydrogens (tertiary/aromatic N) is 2. The van der Waals surface area contributed by atoms with Crippen molar-refractivity contribution in [3.8, 4) is 0 Å². The van der Waals surface area contributed by atoms with Gasteiger partial charge < -0.3 is 9.73 Å². The van der Waals surface area contributed by atoms with Gasteiger partial charge in [-0.25, -0.2) is 14.6 Å². The first-order valence-electron chi connectivity index (χ1n) is 7.97. The van der Waals surface area contributed by atoms with Gasteiger partial charge in [-0.15, -0.1) is 0 Å². The number of hydrogen-bond acceptors (Lipinski definition) is 6. The molecule has 0 radical (unpaired) electrons. The topological polar surface area (TPSA) is 117 Å². The van der Waals surface area contributed by atoms with Crippen molar-refractivity contribution in [3.05, 3.63) is 54.0 Å². The molecule has 138 valence electrons. The zero-order valence-electron chi connectivity index (χ0n) is 14.3. The summed E-state index contributed by atoms with van der Waals surface area (Å²) in [7, 11) is 0. The van der Waals surface area contributed by atoms with Gasteiger partial charge in [-0.2, -0.15) is 0 Å². The molecule has 0 spiro atoms. The smallest absolute Gasteiger partial charge is 0.335 e. The first-order valence-corrected chi connectivity index (χ1v) is 7.97. The summed E-state index contributed by atoms with van der Waals surface area (Å²) in [6.07, 6.45) is 1.38. The number of imide groups is 2. The summed E-state index contributed by atoms with van der Waals surface area (Å²) in [5.74, 6) is -2.50. The van der Waals surface area contributed by atoms with Gasteiger partial charge in [0.15, 0.2) is 5.78 Å². The van der Waals surface area contributed by atoms with Crippen LogP contribution in [0.3, 0.4) is 0 Å². The second-order valence-corrected chi connectivity index (χ2v) is 5.83. The van der Waals surface area contributed by atoms with Crippen LogP contribution in [0.4, 0.5) is 10.5 Å². The maximum absolute atomic E-state index is 12.4. The Morgan fingerprint density at radius 3 is 2.26 bits per heavy atom. The molecule has 0 bridgehead atoms. The number of urea groups is 1. The van der Waals surface area contributed by atoms with E-state index in [-0.39, 0.29) is 18.0 Å². The highest BCUT2D eigenvalue weighted by molar-refractivity contribution is 6.45. The summed E-state index contributed by atoms with van der Waals surface area (Å²) in [5, 5.41) is 2.56. The van der Waals surface area contributed by atoms with Crippen LogP contribution in [0, 0.1) is 0 Å². The number of anilines is 1. The average Bonchev–Trinajstić information content (AvgIpc) is 3.21. The Morgan fingerprint density at radius 1 is 1.00 bits per heavy atom. The van der Waals surface area contributed by atoms with Crippen LogP contribution in [0.25, 0.3) is 0 Å². The molecule has 1 fully saturated rings. The quantitative estimate of drug-likeness (QED) is 0.467. The molecular formula is C18H15N3O6. The van der Waals surface area contributed by atoms with Crippen molar-refractivity contribution in [3.63, 3.8) is 0 Å². The highest BCUT2D eigenvalue weighted by Gasteiger charge is 2.45. The number of carbonyl (C=O) groups is 5. The van der Waals surface area contributed by atoms with Crippen molar-refractivity contribution in [2.45, 2.75) is 13.5 Å². The van der Waals surface area contributed by atoms with E-state index in [0.29, 0.717) is 16.3 Å². The fraction of sp³-hybridized carbons (Fsp3) is 0.167. The van der Waals surface area contributed by atoms with Crippen molar-refractivity contribution < 1.29 is 28.4 Å². The SMILES string of the molecule is CC(=O)Nc1ccc(C(=O)CN2C(=O)C(=O)N(Cc3ccco3)C2=O)cc1. The molecule has 9 nitrogen and oxygen atoms in total. The number of Topliss-reactive ketones (excluding diaryl/α,β-unsaturated/α-hetero) is 1. The van der Waals surface area contributed by atoms with Gasteiger partial charge in [-0.3, -0.25) is 19.2 Å². The van der Waals surface area contributed by atoms with E-state index in [0.717, 1.165) is 4.90 Å². The normalized spacial score (nSPS) is 14.0. The minimum absolute atomic E-state index is 0.188. The van der Waals surface area contributed by atoms with E-state index < -0.39 is 30.2 Å². The zero-order valence-corrected chi connectivity index (χ0v) is 14.3. The van der Waals surface area contributed by atoms with Gasteiger partial charge in [0.05, 0.1) is 19.4 Å². The van der Waals surface area contributed by atoms with Crippen LogP contribution in [0.2, 0.25) is 0 Å². The van der Waals surface area contributed by atoms with E-state index in [2.05, 4.69) is 5.32 Å². The minimum Gasteiger partial charge on any atom is -0.467 e. The molecule has 9 heteroatoms. The molecule has 5 amide bonds. The van der Waals surface area contributed by atoms with Crippen molar-refractivity contribution in [1.82, 2.24) is 9.80 Å². The molecule has 3 rings (SSSR count). The summed E-state index contributed by atoms with van der Waals surface area (Å²) >= 11 is 0. The van der Waals surface area contributed by atoms with Crippen molar-refractivity contribution in [2.24, 2.45) is 0 Å². The van der Waals surface area contributed by atoms with Gasteiger partial charge >= 0.3 is 17.8 Å². The van der Waals surface area contributed by atoms with E-state index in [1.165, 1.54) is 37.5 Å². The number of rotatable bonds is 6. The maximum atomic E-state index is 12.4. The van der Waals surface area contributed by atoms with Crippen molar-refractivity contribution in [1.29, 1.82) is 0 Å². The van der Waals surface area contributed by atoms with Crippen LogP contribution in [-0.2, 0) is 20.9 Å². The lowest BCUT2D eigenvalue weighted by atomic mass is 10.1. The Labute approximate surface area is 153 Å². The molecule has 27 heavy (non-hydrogen) atoms. The van der Waals surface area contributed by atoms with Gasteiger partial charge in [-0.05, 0) is 36.4 Å². The molecular weight excluding hydrogens is 354 g/mol.